The lowest BCUT2D eigenvalue weighted by molar-refractivity contribution is 0.0862. The van der Waals surface area contributed by atoms with Crippen molar-refractivity contribution in [1.29, 1.82) is 0 Å². The molecule has 3 aromatic rings. The molecule has 2 aliphatic rings. The first-order valence-electron chi connectivity index (χ1n) is 10.8. The molecular formula is C23H26Cl2N4O2S. The van der Waals surface area contributed by atoms with E-state index in [1.807, 2.05) is 24.3 Å². The highest BCUT2D eigenvalue weighted by Gasteiger charge is 2.29. The molecule has 0 bridgehead atoms. The fourth-order valence-electron chi connectivity index (χ4n) is 4.55. The minimum absolute atomic E-state index is 0. The summed E-state index contributed by atoms with van der Waals surface area (Å²) in [6.45, 7) is 1.79. The molecule has 2 unspecified atom stereocenters. The Balaban J connectivity index is 0.00000245. The van der Waals surface area contributed by atoms with E-state index in [0.29, 0.717) is 10.7 Å². The van der Waals surface area contributed by atoms with Crippen LogP contribution in [0.15, 0.2) is 30.3 Å². The standard InChI is InChI=1S/C23H25ClN4O2S.ClH/c24-15-5-6-16-13(9-15)10-19(26-16)22(29)27-17-3-1-2-4-18(17)28-23(30)21-11-14-12-25-8-7-20(14)31-21;/h5-6,9-11,17-18,25-26H,1-4,7-8,12H2,(H,27,29)(H,28,30);1H. The van der Waals surface area contributed by atoms with Gasteiger partial charge in [0.05, 0.1) is 4.88 Å². The van der Waals surface area contributed by atoms with Gasteiger partial charge in [0.15, 0.2) is 0 Å². The average Bonchev–Trinajstić information content (AvgIpc) is 3.39. The van der Waals surface area contributed by atoms with E-state index in [1.54, 1.807) is 17.4 Å². The van der Waals surface area contributed by atoms with E-state index < -0.39 is 0 Å². The van der Waals surface area contributed by atoms with Gasteiger partial charge in [0, 0.05) is 46.0 Å². The second-order valence-electron chi connectivity index (χ2n) is 8.34. The van der Waals surface area contributed by atoms with Crippen LogP contribution in [0.5, 0.6) is 0 Å². The van der Waals surface area contributed by atoms with Crippen molar-refractivity contribution in [2.75, 3.05) is 6.54 Å². The van der Waals surface area contributed by atoms with Crippen molar-refractivity contribution >= 4 is 58.1 Å². The third-order valence-electron chi connectivity index (χ3n) is 6.19. The van der Waals surface area contributed by atoms with Crippen molar-refractivity contribution < 1.29 is 9.59 Å². The van der Waals surface area contributed by atoms with Crippen LogP contribution in [0.3, 0.4) is 0 Å². The summed E-state index contributed by atoms with van der Waals surface area (Å²) in [5, 5.41) is 11.2. The number of H-pyrrole nitrogens is 1. The third kappa shape index (κ3) is 4.81. The number of thiophene rings is 1. The van der Waals surface area contributed by atoms with Gasteiger partial charge >= 0.3 is 0 Å². The molecule has 9 heteroatoms. The van der Waals surface area contributed by atoms with Crippen molar-refractivity contribution in [2.45, 2.75) is 50.7 Å². The van der Waals surface area contributed by atoms with Crippen molar-refractivity contribution in [1.82, 2.24) is 20.9 Å². The quantitative estimate of drug-likeness (QED) is 0.434. The highest BCUT2D eigenvalue weighted by Crippen LogP contribution is 2.26. The van der Waals surface area contributed by atoms with Crippen LogP contribution in [-0.4, -0.2) is 35.4 Å². The lowest BCUT2D eigenvalue weighted by Gasteiger charge is -2.32. The van der Waals surface area contributed by atoms with Gasteiger partial charge in [-0.25, -0.2) is 0 Å². The van der Waals surface area contributed by atoms with Gasteiger partial charge in [-0.2, -0.15) is 0 Å². The molecular weight excluding hydrogens is 467 g/mol. The van der Waals surface area contributed by atoms with Gasteiger partial charge in [-0.05, 0) is 55.2 Å². The first-order valence-corrected chi connectivity index (χ1v) is 12.0. The molecule has 1 fully saturated rings. The predicted octanol–water partition coefficient (Wildman–Crippen LogP) is 4.42. The van der Waals surface area contributed by atoms with Crippen LogP contribution in [0.4, 0.5) is 0 Å². The molecule has 0 radical (unpaired) electrons. The van der Waals surface area contributed by atoms with E-state index in [1.165, 1.54) is 10.4 Å². The average molecular weight is 493 g/mol. The summed E-state index contributed by atoms with van der Waals surface area (Å²) in [6.07, 6.45) is 4.79. The Morgan fingerprint density at radius 3 is 2.53 bits per heavy atom. The van der Waals surface area contributed by atoms with Gasteiger partial charge in [-0.3, -0.25) is 9.59 Å². The minimum Gasteiger partial charge on any atom is -0.351 e. The molecule has 1 aliphatic heterocycles. The predicted molar refractivity (Wildman–Crippen MR) is 131 cm³/mol. The Kier molecular flexibility index (Phi) is 7.10. The molecule has 0 spiro atoms. The van der Waals surface area contributed by atoms with E-state index in [4.69, 9.17) is 11.6 Å². The summed E-state index contributed by atoms with van der Waals surface area (Å²) in [6, 6.07) is 9.17. The molecule has 2 atom stereocenters. The smallest absolute Gasteiger partial charge is 0.268 e. The van der Waals surface area contributed by atoms with Gasteiger partial charge in [0.1, 0.15) is 5.69 Å². The van der Waals surface area contributed by atoms with Gasteiger partial charge in [-0.15, -0.1) is 23.7 Å². The molecule has 170 valence electrons. The normalized spacial score (nSPS) is 20.3. The van der Waals surface area contributed by atoms with Crippen molar-refractivity contribution in [3.8, 4) is 0 Å². The van der Waals surface area contributed by atoms with E-state index in [9.17, 15) is 9.59 Å². The monoisotopic (exact) mass is 492 g/mol. The Morgan fingerprint density at radius 1 is 1.03 bits per heavy atom. The molecule has 0 saturated heterocycles. The summed E-state index contributed by atoms with van der Waals surface area (Å²) in [5.74, 6) is -0.193. The SMILES string of the molecule is Cl.O=C(NC1CCCCC1NC(=O)c1cc2c(s1)CCNC2)c1cc2cc(Cl)ccc2[nH]1. The van der Waals surface area contributed by atoms with E-state index in [0.717, 1.165) is 61.0 Å². The molecule has 6 nitrogen and oxygen atoms in total. The number of hydrogen-bond acceptors (Lipinski definition) is 4. The highest BCUT2D eigenvalue weighted by atomic mass is 35.5. The maximum Gasteiger partial charge on any atom is 0.268 e. The van der Waals surface area contributed by atoms with E-state index >= 15 is 0 Å². The number of hydrogen-bond donors (Lipinski definition) is 4. The second-order valence-corrected chi connectivity index (χ2v) is 9.92. The number of fused-ring (bicyclic) bond motifs is 2. The van der Waals surface area contributed by atoms with Gasteiger partial charge < -0.3 is 20.9 Å². The summed E-state index contributed by atoms with van der Waals surface area (Å²) < 4.78 is 0. The maximum atomic E-state index is 12.9. The van der Waals surface area contributed by atoms with Gasteiger partial charge in [0.25, 0.3) is 11.8 Å². The van der Waals surface area contributed by atoms with E-state index in [-0.39, 0.29) is 36.3 Å². The highest BCUT2D eigenvalue weighted by molar-refractivity contribution is 7.14. The van der Waals surface area contributed by atoms with Crippen LogP contribution in [0, 0.1) is 0 Å². The molecule has 32 heavy (non-hydrogen) atoms. The second kappa shape index (κ2) is 9.83. The number of carbonyl (C=O) groups is 2. The summed E-state index contributed by atoms with van der Waals surface area (Å²) >= 11 is 7.65. The van der Waals surface area contributed by atoms with Crippen LogP contribution in [0.1, 0.15) is 56.3 Å². The summed E-state index contributed by atoms with van der Waals surface area (Å²) in [4.78, 5) is 31.1. The van der Waals surface area contributed by atoms with Crippen LogP contribution >= 0.6 is 35.3 Å². The number of amides is 2. The number of carbonyl (C=O) groups excluding carboxylic acids is 2. The summed E-state index contributed by atoms with van der Waals surface area (Å²) in [7, 11) is 0. The largest absolute Gasteiger partial charge is 0.351 e. The number of aromatic amines is 1. The van der Waals surface area contributed by atoms with Crippen LogP contribution in [0.25, 0.3) is 10.9 Å². The van der Waals surface area contributed by atoms with Gasteiger partial charge in [-0.1, -0.05) is 24.4 Å². The number of halogens is 2. The molecule has 2 aromatic heterocycles. The fourth-order valence-corrected chi connectivity index (χ4v) is 5.82. The zero-order valence-electron chi connectivity index (χ0n) is 17.5. The van der Waals surface area contributed by atoms with Crippen molar-refractivity contribution in [3.05, 3.63) is 56.4 Å². The maximum absolute atomic E-state index is 12.9. The first kappa shape index (κ1) is 23.1. The summed E-state index contributed by atoms with van der Waals surface area (Å²) in [5.41, 5.74) is 2.61. The fraction of sp³-hybridized carbons (Fsp3) is 0.391. The molecule has 1 aliphatic carbocycles. The third-order valence-corrected chi connectivity index (χ3v) is 7.66. The zero-order chi connectivity index (χ0) is 21.4. The number of aromatic nitrogens is 1. The lowest BCUT2D eigenvalue weighted by atomic mass is 9.90. The number of rotatable bonds is 4. The molecule has 1 saturated carbocycles. The number of nitrogens with one attached hydrogen (secondary N) is 4. The molecule has 2 amide bonds. The zero-order valence-corrected chi connectivity index (χ0v) is 19.9. The molecule has 3 heterocycles. The minimum atomic E-state index is -0.156. The van der Waals surface area contributed by atoms with E-state index in [2.05, 4.69) is 20.9 Å². The lowest BCUT2D eigenvalue weighted by Crippen LogP contribution is -2.53. The first-order chi connectivity index (χ1) is 15.1. The van der Waals surface area contributed by atoms with Crippen molar-refractivity contribution in [3.63, 3.8) is 0 Å². The Morgan fingerprint density at radius 2 is 1.78 bits per heavy atom. The topological polar surface area (TPSA) is 86.0 Å². The van der Waals surface area contributed by atoms with Crippen LogP contribution < -0.4 is 16.0 Å². The Hall–Kier alpha value is -2.06. The van der Waals surface area contributed by atoms with Crippen LogP contribution in [-0.2, 0) is 13.0 Å². The number of benzene rings is 1. The molecule has 1 aromatic carbocycles. The van der Waals surface area contributed by atoms with Crippen LogP contribution in [0.2, 0.25) is 5.02 Å². The Bertz CT molecular complexity index is 1120. The van der Waals surface area contributed by atoms with Gasteiger partial charge in [0.2, 0.25) is 0 Å². The molecule has 4 N–H and O–H groups in total. The molecule has 5 rings (SSSR count). The van der Waals surface area contributed by atoms with Crippen molar-refractivity contribution in [2.24, 2.45) is 0 Å². The Labute approximate surface area is 201 Å².